The second-order valence-electron chi connectivity index (χ2n) is 6.45. The Bertz CT molecular complexity index is 941. The third-order valence-corrected chi connectivity index (χ3v) is 4.88. The fraction of sp³-hybridized carbons (Fsp3) is 0.182. The van der Waals surface area contributed by atoms with Gasteiger partial charge in [0.25, 0.3) is 0 Å². The first-order valence-corrected chi connectivity index (χ1v) is 8.60. The van der Waals surface area contributed by atoms with E-state index >= 15 is 0 Å². The lowest BCUT2D eigenvalue weighted by Crippen LogP contribution is -2.36. The van der Waals surface area contributed by atoms with Gasteiger partial charge in [0.2, 0.25) is 0 Å². The second kappa shape index (κ2) is 6.79. The van der Waals surface area contributed by atoms with E-state index in [9.17, 15) is 8.78 Å². The topological polar surface area (TPSA) is 12.5 Å². The first-order valence-electron chi connectivity index (χ1n) is 8.60. The number of nitrogens with zero attached hydrogens (tertiary/aromatic N) is 1. The molecule has 26 heavy (non-hydrogen) atoms. The van der Waals surface area contributed by atoms with Gasteiger partial charge >= 0.3 is 0 Å². The van der Waals surface area contributed by atoms with Crippen LogP contribution in [0, 0.1) is 11.6 Å². The van der Waals surface area contributed by atoms with Gasteiger partial charge in [0, 0.05) is 12.2 Å². The van der Waals surface area contributed by atoms with Gasteiger partial charge in [0.15, 0.2) is 0 Å². The quantitative estimate of drug-likeness (QED) is 0.649. The summed E-state index contributed by atoms with van der Waals surface area (Å²) in [6.07, 6.45) is 0.814. The highest BCUT2D eigenvalue weighted by Gasteiger charge is 2.29. The lowest BCUT2D eigenvalue weighted by atomic mass is 9.87. The molecule has 0 saturated carbocycles. The van der Waals surface area contributed by atoms with Gasteiger partial charge in [-0.2, -0.15) is 0 Å². The van der Waals surface area contributed by atoms with Crippen LogP contribution in [0.15, 0.2) is 66.7 Å². The molecule has 0 saturated heterocycles. The molecule has 3 aromatic rings. The molecule has 1 aliphatic rings. The fourth-order valence-corrected chi connectivity index (χ4v) is 3.70. The van der Waals surface area contributed by atoms with Gasteiger partial charge in [-0.05, 0) is 65.6 Å². The molecule has 4 heteroatoms. The molecule has 1 atom stereocenters. The van der Waals surface area contributed by atoms with E-state index in [2.05, 4.69) is 4.90 Å². The number of rotatable bonds is 3. The number of methoxy groups -OCH3 is 1. The van der Waals surface area contributed by atoms with Crippen LogP contribution in [-0.2, 0) is 6.42 Å². The van der Waals surface area contributed by atoms with Crippen LogP contribution in [0.3, 0.4) is 0 Å². The zero-order valence-corrected chi connectivity index (χ0v) is 14.5. The minimum atomic E-state index is -0.277. The summed E-state index contributed by atoms with van der Waals surface area (Å²) in [5, 5.41) is 0. The Morgan fingerprint density at radius 3 is 2.42 bits per heavy atom. The average molecular weight is 351 g/mol. The molecule has 1 heterocycles. The SMILES string of the molecule is COc1ccc2c(c1)CCN(c1cccc(F)c1)C2c1cccc(F)c1. The highest BCUT2D eigenvalue weighted by molar-refractivity contribution is 5.57. The number of benzene rings is 3. The summed E-state index contributed by atoms with van der Waals surface area (Å²) in [4.78, 5) is 2.13. The zero-order chi connectivity index (χ0) is 18.1. The molecule has 1 unspecified atom stereocenters. The minimum Gasteiger partial charge on any atom is -0.497 e. The van der Waals surface area contributed by atoms with E-state index in [1.807, 2.05) is 30.3 Å². The van der Waals surface area contributed by atoms with Gasteiger partial charge in [-0.25, -0.2) is 8.78 Å². The Labute approximate surface area is 151 Å². The monoisotopic (exact) mass is 351 g/mol. The summed E-state index contributed by atoms with van der Waals surface area (Å²) in [5.41, 5.74) is 3.90. The lowest BCUT2D eigenvalue weighted by molar-refractivity contribution is 0.413. The van der Waals surface area contributed by atoms with E-state index in [4.69, 9.17) is 4.74 Å². The minimum absolute atomic E-state index is 0.179. The van der Waals surface area contributed by atoms with Crippen molar-refractivity contribution >= 4 is 5.69 Å². The first kappa shape index (κ1) is 16.6. The molecule has 132 valence electrons. The highest BCUT2D eigenvalue weighted by Crippen LogP contribution is 2.39. The van der Waals surface area contributed by atoms with Crippen LogP contribution < -0.4 is 9.64 Å². The summed E-state index contributed by atoms with van der Waals surface area (Å²) in [7, 11) is 1.65. The van der Waals surface area contributed by atoms with Gasteiger partial charge < -0.3 is 9.64 Å². The predicted octanol–water partition coefficient (Wildman–Crippen LogP) is 5.13. The highest BCUT2D eigenvalue weighted by atomic mass is 19.1. The summed E-state index contributed by atoms with van der Waals surface area (Å²) in [6, 6.07) is 19.0. The molecule has 0 amide bonds. The van der Waals surface area contributed by atoms with E-state index in [1.54, 1.807) is 25.3 Å². The molecular formula is C22H19F2NO. The summed E-state index contributed by atoms with van der Waals surface area (Å²) >= 11 is 0. The number of hydrogen-bond donors (Lipinski definition) is 0. The average Bonchev–Trinajstić information content (AvgIpc) is 2.66. The zero-order valence-electron chi connectivity index (χ0n) is 14.5. The Morgan fingerprint density at radius 2 is 1.69 bits per heavy atom. The summed E-state index contributed by atoms with van der Waals surface area (Å²) in [5.74, 6) is 0.254. The van der Waals surface area contributed by atoms with Crippen molar-refractivity contribution in [2.75, 3.05) is 18.6 Å². The molecule has 0 aromatic heterocycles. The number of halogens is 2. The van der Waals surface area contributed by atoms with Crippen molar-refractivity contribution in [2.45, 2.75) is 12.5 Å². The Balaban J connectivity index is 1.86. The molecule has 3 aromatic carbocycles. The number of fused-ring (bicyclic) bond motifs is 1. The van der Waals surface area contributed by atoms with Crippen molar-refractivity contribution in [3.8, 4) is 5.75 Å². The lowest BCUT2D eigenvalue weighted by Gasteiger charge is -2.39. The normalized spacial score (nSPS) is 16.3. The van der Waals surface area contributed by atoms with E-state index in [0.29, 0.717) is 6.54 Å². The molecule has 2 nitrogen and oxygen atoms in total. The maximum absolute atomic E-state index is 13.9. The van der Waals surface area contributed by atoms with Crippen molar-refractivity contribution < 1.29 is 13.5 Å². The van der Waals surface area contributed by atoms with Crippen molar-refractivity contribution in [1.82, 2.24) is 0 Å². The molecule has 0 N–H and O–H groups in total. The smallest absolute Gasteiger partial charge is 0.125 e. The molecule has 0 aliphatic carbocycles. The number of hydrogen-bond acceptors (Lipinski definition) is 2. The van der Waals surface area contributed by atoms with Crippen molar-refractivity contribution in [1.29, 1.82) is 0 Å². The second-order valence-corrected chi connectivity index (χ2v) is 6.45. The van der Waals surface area contributed by atoms with Crippen LogP contribution in [0.2, 0.25) is 0 Å². The Hall–Kier alpha value is -2.88. The first-order chi connectivity index (χ1) is 12.7. The molecule has 0 spiro atoms. The Kier molecular flexibility index (Phi) is 4.33. The van der Waals surface area contributed by atoms with Gasteiger partial charge in [0.1, 0.15) is 17.4 Å². The van der Waals surface area contributed by atoms with Gasteiger partial charge in [-0.1, -0.05) is 24.3 Å². The molecule has 0 radical (unpaired) electrons. The van der Waals surface area contributed by atoms with E-state index in [-0.39, 0.29) is 17.7 Å². The maximum atomic E-state index is 13.9. The molecule has 0 fully saturated rings. The van der Waals surface area contributed by atoms with Crippen LogP contribution in [0.4, 0.5) is 14.5 Å². The van der Waals surface area contributed by atoms with E-state index in [0.717, 1.165) is 29.0 Å². The van der Waals surface area contributed by atoms with E-state index in [1.165, 1.54) is 23.8 Å². The molecule has 0 bridgehead atoms. The van der Waals surface area contributed by atoms with Gasteiger partial charge in [0.05, 0.1) is 13.2 Å². The van der Waals surface area contributed by atoms with Crippen molar-refractivity contribution in [3.05, 3.63) is 95.1 Å². The van der Waals surface area contributed by atoms with Gasteiger partial charge in [-0.15, -0.1) is 0 Å². The van der Waals surface area contributed by atoms with E-state index < -0.39 is 0 Å². The van der Waals surface area contributed by atoms with Crippen LogP contribution in [0.5, 0.6) is 5.75 Å². The third kappa shape index (κ3) is 3.03. The van der Waals surface area contributed by atoms with Crippen LogP contribution in [0.25, 0.3) is 0 Å². The molecular weight excluding hydrogens is 332 g/mol. The largest absolute Gasteiger partial charge is 0.497 e. The number of anilines is 1. The maximum Gasteiger partial charge on any atom is 0.125 e. The standard InChI is InChI=1S/C22H19F2NO/c1-26-20-8-9-21-15(13-20)10-11-25(19-7-3-6-18(24)14-19)22(21)16-4-2-5-17(23)12-16/h2-9,12-14,22H,10-11H2,1H3. The molecule has 1 aliphatic heterocycles. The summed E-state index contributed by atoms with van der Waals surface area (Å²) in [6.45, 7) is 0.713. The van der Waals surface area contributed by atoms with Crippen LogP contribution in [0.1, 0.15) is 22.7 Å². The number of ether oxygens (including phenoxy) is 1. The molecule has 4 rings (SSSR count). The van der Waals surface area contributed by atoms with Crippen molar-refractivity contribution in [3.63, 3.8) is 0 Å². The fourth-order valence-electron chi connectivity index (χ4n) is 3.70. The third-order valence-electron chi connectivity index (χ3n) is 4.88. The van der Waals surface area contributed by atoms with Crippen LogP contribution in [-0.4, -0.2) is 13.7 Å². The predicted molar refractivity (Wildman–Crippen MR) is 98.7 cm³/mol. The van der Waals surface area contributed by atoms with Gasteiger partial charge in [-0.3, -0.25) is 0 Å². The van der Waals surface area contributed by atoms with Crippen molar-refractivity contribution in [2.24, 2.45) is 0 Å². The Morgan fingerprint density at radius 1 is 0.923 bits per heavy atom. The summed E-state index contributed by atoms with van der Waals surface area (Å²) < 4.78 is 33.1. The van der Waals surface area contributed by atoms with Crippen LogP contribution >= 0.6 is 0 Å².